The quantitative estimate of drug-likeness (QED) is 0.133. The van der Waals surface area contributed by atoms with Crippen LogP contribution in [0.25, 0.3) is 71.1 Å². The van der Waals surface area contributed by atoms with Crippen molar-refractivity contribution in [2.24, 2.45) is 9.98 Å². The third-order valence-electron chi connectivity index (χ3n) is 11.3. The number of amidine groups is 1. The molecule has 0 radical (unpaired) electrons. The first kappa shape index (κ1) is 31.4. The van der Waals surface area contributed by atoms with Crippen molar-refractivity contribution in [3.8, 4) is 11.1 Å². The van der Waals surface area contributed by atoms with E-state index in [4.69, 9.17) is 14.4 Å². The molecule has 3 heterocycles. The van der Waals surface area contributed by atoms with Crippen LogP contribution in [0.4, 0.5) is 0 Å². The van der Waals surface area contributed by atoms with Gasteiger partial charge < -0.3 is 4.42 Å². The molecule has 0 unspecified atom stereocenters. The fraction of sp³-hybridized carbons (Fsp3) is 0.0588. The first-order chi connectivity index (χ1) is 27.2. The summed E-state index contributed by atoms with van der Waals surface area (Å²) in [5, 5.41) is 9.54. The van der Waals surface area contributed by atoms with Crippen LogP contribution in [0, 0.1) is 0 Å². The van der Waals surface area contributed by atoms with Gasteiger partial charge in [0.15, 0.2) is 5.84 Å². The molecule has 1 aromatic heterocycles. The zero-order chi connectivity index (χ0) is 36.5. The fourth-order valence-corrected chi connectivity index (χ4v) is 8.52. The van der Waals surface area contributed by atoms with Gasteiger partial charge in [-0.2, -0.15) is 0 Å². The van der Waals surface area contributed by atoms with Gasteiger partial charge in [0.2, 0.25) is 0 Å². The van der Waals surface area contributed by atoms with E-state index in [0.717, 1.165) is 74.0 Å². The van der Waals surface area contributed by atoms with Crippen molar-refractivity contribution < 1.29 is 4.42 Å². The Balaban J connectivity index is 1.07. The van der Waals surface area contributed by atoms with Crippen molar-refractivity contribution in [1.29, 1.82) is 0 Å². The second-order valence-electron chi connectivity index (χ2n) is 14.6. The average molecular weight is 705 g/mol. The van der Waals surface area contributed by atoms with E-state index in [1.54, 1.807) is 0 Å². The molecular weight excluding hydrogens is 671 g/mol. The van der Waals surface area contributed by atoms with E-state index in [2.05, 4.69) is 163 Å². The van der Waals surface area contributed by atoms with Crippen molar-refractivity contribution in [2.75, 3.05) is 0 Å². The van der Waals surface area contributed by atoms with Gasteiger partial charge in [0.1, 0.15) is 11.2 Å². The largest absolute Gasteiger partial charge is 0.456 e. The van der Waals surface area contributed by atoms with Gasteiger partial charge in [0.05, 0.1) is 22.5 Å². The summed E-state index contributed by atoms with van der Waals surface area (Å²) in [5.41, 5.74) is 12.8. The van der Waals surface area contributed by atoms with E-state index in [1.807, 2.05) is 12.4 Å². The molecule has 8 aromatic carbocycles. The smallest absolute Gasteiger partial charge is 0.301 e. The van der Waals surface area contributed by atoms with Gasteiger partial charge in [-0.3, -0.25) is 0 Å². The number of nitrogens with zero attached hydrogens (tertiary/aromatic N) is 3. The Bertz CT molecular complexity index is 3230. The molecule has 9 aromatic rings. The lowest BCUT2D eigenvalue weighted by Gasteiger charge is -2.17. The molecule has 55 heavy (non-hydrogen) atoms. The molecule has 0 spiro atoms. The average Bonchev–Trinajstić information content (AvgIpc) is 3.88. The maximum absolute atomic E-state index is 6.37. The Morgan fingerprint density at radius 1 is 0.509 bits per heavy atom. The molecule has 11 rings (SSSR count). The standard InChI is InChI=1S/C51H34N3O/c1-31-15-24-45(34-10-3-2-4-11-34)53-51(54-50(31)37-22-25-46-43(28-37)49-39-13-7-5-9-32(39)21-26-47(49)55-46)35-18-16-33(17-19-35)42-27-36-12-6-8-14-40(36)48-41(42)23-20-38-29-52-30-44(38)48/h2-14,16-23,25-30H,15,24H2,1H3/q+1/b50-31+,53-45?,54-51?. The first-order valence-electron chi connectivity index (χ1n) is 18.9. The van der Waals surface area contributed by atoms with Crippen molar-refractivity contribution in [3.05, 3.63) is 185 Å². The maximum Gasteiger partial charge on any atom is 0.301 e. The van der Waals surface area contributed by atoms with Crippen LogP contribution in [-0.4, -0.2) is 24.0 Å². The minimum atomic E-state index is 0.704. The number of hydrogen-bond donors (Lipinski definition) is 0. The van der Waals surface area contributed by atoms with E-state index >= 15 is 0 Å². The first-order valence-corrected chi connectivity index (χ1v) is 18.9. The molecule has 0 fully saturated rings. The molecule has 0 N–H and O–H groups in total. The zero-order valence-electron chi connectivity index (χ0n) is 30.3. The Kier molecular flexibility index (Phi) is 7.13. The fourth-order valence-electron chi connectivity index (χ4n) is 8.52. The molecule has 0 amide bonds. The van der Waals surface area contributed by atoms with Crippen LogP contribution in [0.1, 0.15) is 47.6 Å². The van der Waals surface area contributed by atoms with Gasteiger partial charge >= 0.3 is 12.4 Å². The van der Waals surface area contributed by atoms with Crippen molar-refractivity contribution >= 4 is 83.9 Å². The highest BCUT2D eigenvalue weighted by Crippen LogP contribution is 2.39. The van der Waals surface area contributed by atoms with Gasteiger partial charge in [-0.05, 0) is 105 Å². The third-order valence-corrected chi connectivity index (χ3v) is 11.3. The summed E-state index contributed by atoms with van der Waals surface area (Å²) in [6, 6.07) is 53.9. The van der Waals surface area contributed by atoms with Gasteiger partial charge in [-0.25, -0.2) is 9.98 Å². The molecule has 0 aliphatic carbocycles. The van der Waals surface area contributed by atoms with E-state index in [0.29, 0.717) is 5.84 Å². The van der Waals surface area contributed by atoms with E-state index in [-0.39, 0.29) is 0 Å². The maximum atomic E-state index is 6.37. The monoisotopic (exact) mass is 704 g/mol. The molecule has 0 saturated heterocycles. The van der Waals surface area contributed by atoms with E-state index in [9.17, 15) is 0 Å². The van der Waals surface area contributed by atoms with E-state index in [1.165, 1.54) is 49.0 Å². The SMILES string of the molecule is C/C1=C(/c2ccc3oc4ccc5ccccc5c4c3c2)N=C(c2ccc(-c3cc4ccccc4c4c5c(ccc34)C=[N+]=C5)cc2)N=C(c2ccccc2)CC1. The van der Waals surface area contributed by atoms with Crippen molar-refractivity contribution in [2.45, 2.75) is 19.8 Å². The second kappa shape index (κ2) is 12.5. The molecule has 4 nitrogen and oxygen atoms in total. The Hall–Kier alpha value is -7.13. The molecule has 0 atom stereocenters. The second-order valence-corrected chi connectivity index (χ2v) is 14.6. The molecule has 2 aliphatic heterocycles. The molecule has 2 aliphatic rings. The normalized spacial score (nSPS) is 15.5. The number of hydrogen-bond acceptors (Lipinski definition) is 3. The molecular formula is C51H34N3O+. The predicted molar refractivity (Wildman–Crippen MR) is 232 cm³/mol. The predicted octanol–water partition coefficient (Wildman–Crippen LogP) is 12.1. The van der Waals surface area contributed by atoms with Crippen LogP contribution in [0.15, 0.2) is 172 Å². The third kappa shape index (κ3) is 5.19. The topological polar surface area (TPSA) is 52.0 Å². The Labute approximate surface area is 317 Å². The lowest BCUT2D eigenvalue weighted by molar-refractivity contribution is 0.669. The highest BCUT2D eigenvalue weighted by molar-refractivity contribution is 6.23. The molecule has 0 bridgehead atoms. The highest BCUT2D eigenvalue weighted by atomic mass is 16.3. The summed E-state index contributed by atoms with van der Waals surface area (Å²) in [6.45, 7) is 2.21. The number of aliphatic imine (C=N–C) groups is 2. The number of rotatable bonds is 4. The number of benzene rings is 8. The highest BCUT2D eigenvalue weighted by Gasteiger charge is 2.21. The van der Waals surface area contributed by atoms with Crippen LogP contribution in [0.2, 0.25) is 0 Å². The van der Waals surface area contributed by atoms with Crippen LogP contribution in [0.3, 0.4) is 0 Å². The minimum absolute atomic E-state index is 0.704. The summed E-state index contributed by atoms with van der Waals surface area (Å²) in [4.78, 5) is 10.8. The van der Waals surface area contributed by atoms with Crippen LogP contribution in [0.5, 0.6) is 0 Å². The van der Waals surface area contributed by atoms with Gasteiger partial charge in [0, 0.05) is 27.3 Å². The van der Waals surface area contributed by atoms with Gasteiger partial charge in [-0.15, -0.1) is 0 Å². The lowest BCUT2D eigenvalue weighted by atomic mass is 9.89. The summed E-state index contributed by atoms with van der Waals surface area (Å²) >= 11 is 0. The summed E-state index contributed by atoms with van der Waals surface area (Å²) in [6.07, 6.45) is 5.61. The van der Waals surface area contributed by atoms with Crippen LogP contribution >= 0.6 is 0 Å². The van der Waals surface area contributed by atoms with Crippen molar-refractivity contribution in [3.63, 3.8) is 0 Å². The molecule has 0 saturated carbocycles. The van der Waals surface area contributed by atoms with Gasteiger partial charge in [-0.1, -0.05) is 120 Å². The summed E-state index contributed by atoms with van der Waals surface area (Å²) in [7, 11) is 0. The van der Waals surface area contributed by atoms with Crippen LogP contribution < -0.4 is 4.67 Å². The van der Waals surface area contributed by atoms with Crippen LogP contribution in [-0.2, 0) is 0 Å². The summed E-state index contributed by atoms with van der Waals surface area (Å²) < 4.78 is 10.9. The number of fused-ring (bicyclic) bond motifs is 10. The number of allylic oxidation sites excluding steroid dienone is 1. The molecule has 4 heteroatoms. The summed E-state index contributed by atoms with van der Waals surface area (Å²) in [5.74, 6) is 0.704. The Morgan fingerprint density at radius 3 is 2.09 bits per heavy atom. The Morgan fingerprint density at radius 2 is 1.24 bits per heavy atom. The lowest BCUT2D eigenvalue weighted by Crippen LogP contribution is -2.10. The minimum Gasteiger partial charge on any atom is -0.456 e. The molecule has 258 valence electrons. The number of furan rings is 1. The zero-order valence-corrected chi connectivity index (χ0v) is 30.3. The van der Waals surface area contributed by atoms with Gasteiger partial charge in [0.25, 0.3) is 0 Å². The van der Waals surface area contributed by atoms with E-state index < -0.39 is 0 Å². The van der Waals surface area contributed by atoms with Crippen molar-refractivity contribution in [1.82, 2.24) is 4.67 Å².